The molecule has 13 rings (SSSR count). The lowest BCUT2D eigenvalue weighted by atomic mass is 9.82. The molecule has 13 aromatic carbocycles. The molecular formula is C52H28. The Morgan fingerprint density at radius 2 is 0.731 bits per heavy atom. The molecule has 236 valence electrons. The summed E-state index contributed by atoms with van der Waals surface area (Å²) in [5.74, 6) is 0. The molecular weight excluding hydrogens is 625 g/mol. The summed E-state index contributed by atoms with van der Waals surface area (Å²) in [5, 5.41) is 26.6. The summed E-state index contributed by atoms with van der Waals surface area (Å²) < 4.78 is 0. The van der Waals surface area contributed by atoms with Gasteiger partial charge in [0.15, 0.2) is 0 Å². The summed E-state index contributed by atoms with van der Waals surface area (Å²) in [4.78, 5) is 0. The maximum atomic E-state index is 2.54. The second-order valence-corrected chi connectivity index (χ2v) is 14.7. The van der Waals surface area contributed by atoms with Gasteiger partial charge in [0.1, 0.15) is 0 Å². The van der Waals surface area contributed by atoms with Crippen LogP contribution in [0.4, 0.5) is 0 Å². The van der Waals surface area contributed by atoms with Crippen LogP contribution in [-0.2, 0) is 0 Å². The van der Waals surface area contributed by atoms with Crippen LogP contribution in [0, 0.1) is 0 Å². The van der Waals surface area contributed by atoms with Crippen LogP contribution in [0.25, 0.3) is 130 Å². The van der Waals surface area contributed by atoms with Crippen molar-refractivity contribution >= 4 is 108 Å². The molecule has 0 N–H and O–H groups in total. The van der Waals surface area contributed by atoms with Crippen molar-refractivity contribution in [1.82, 2.24) is 0 Å². The first-order valence-corrected chi connectivity index (χ1v) is 18.3. The lowest BCUT2D eigenvalue weighted by Gasteiger charge is -2.21. The molecule has 0 saturated heterocycles. The normalized spacial score (nSPS) is 12.6. The predicted octanol–water partition coefficient (Wildman–Crippen LogP) is 14.9. The van der Waals surface area contributed by atoms with E-state index in [9.17, 15) is 0 Å². The average molecular weight is 653 g/mol. The third-order valence-electron chi connectivity index (χ3n) is 12.2. The quantitative estimate of drug-likeness (QED) is 0.163. The summed E-state index contributed by atoms with van der Waals surface area (Å²) in [6.45, 7) is 0. The van der Waals surface area contributed by atoms with Crippen molar-refractivity contribution in [3.8, 4) is 22.3 Å². The van der Waals surface area contributed by atoms with Gasteiger partial charge in [-0.2, -0.15) is 0 Å². The van der Waals surface area contributed by atoms with Crippen LogP contribution in [0.2, 0.25) is 0 Å². The fourth-order valence-corrected chi connectivity index (χ4v) is 10.3. The largest absolute Gasteiger partial charge is 0.0622 e. The van der Waals surface area contributed by atoms with Gasteiger partial charge in [-0.25, -0.2) is 0 Å². The second kappa shape index (κ2) is 9.51. The standard InChI is InChI=1S/C52H28/c1-2-10-30(11-3-1)47-43-28-42-35-17-5-4-16-34(35)36-18-9-21-41(48(36)42)49(43)50(52-40-20-8-15-29-14-7-19-39(45(29)40)51(47)52)38-27-25-33-23-22-31-12-6-13-32-24-26-37(38)46(33)44(31)32/h1-28H. The minimum Gasteiger partial charge on any atom is -0.0622 e. The Morgan fingerprint density at radius 1 is 0.212 bits per heavy atom. The van der Waals surface area contributed by atoms with E-state index >= 15 is 0 Å². The van der Waals surface area contributed by atoms with Gasteiger partial charge in [0, 0.05) is 0 Å². The third-order valence-corrected chi connectivity index (χ3v) is 12.2. The first kappa shape index (κ1) is 27.0. The Morgan fingerprint density at radius 3 is 1.48 bits per heavy atom. The Bertz CT molecular complexity index is 3590. The van der Waals surface area contributed by atoms with E-state index < -0.39 is 0 Å². The SMILES string of the molecule is c1ccc(-c2c3cc4c5ccccc5c5cccc(c3c(-c3ccc6ccc7cccc8ccc3c6c78)c3c6cccc7cccc(c23)c76)c54)cc1. The van der Waals surface area contributed by atoms with E-state index in [-0.39, 0.29) is 0 Å². The first-order chi connectivity index (χ1) is 25.8. The molecule has 0 bridgehead atoms. The summed E-state index contributed by atoms with van der Waals surface area (Å²) in [7, 11) is 0. The number of hydrogen-bond acceptors (Lipinski definition) is 0. The number of benzene rings is 11. The second-order valence-electron chi connectivity index (χ2n) is 14.7. The Hall–Kier alpha value is -6.76. The van der Waals surface area contributed by atoms with Gasteiger partial charge >= 0.3 is 0 Å². The fraction of sp³-hybridized carbons (Fsp3) is 0. The molecule has 0 nitrogen and oxygen atoms in total. The number of hydrogen-bond donors (Lipinski definition) is 0. The molecule has 0 amide bonds. The van der Waals surface area contributed by atoms with E-state index in [1.165, 1.54) is 130 Å². The predicted molar refractivity (Wildman–Crippen MR) is 226 cm³/mol. The molecule has 0 saturated carbocycles. The summed E-state index contributed by atoms with van der Waals surface area (Å²) in [5.41, 5.74) is 5.21. The highest BCUT2D eigenvalue weighted by Crippen LogP contribution is 2.55. The lowest BCUT2D eigenvalue weighted by molar-refractivity contribution is 1.69. The van der Waals surface area contributed by atoms with Gasteiger partial charge in [-0.1, -0.05) is 164 Å². The highest BCUT2D eigenvalue weighted by molar-refractivity contribution is 6.45. The van der Waals surface area contributed by atoms with Crippen LogP contribution in [0.15, 0.2) is 170 Å². The van der Waals surface area contributed by atoms with Crippen LogP contribution in [0.3, 0.4) is 0 Å². The zero-order valence-electron chi connectivity index (χ0n) is 28.2. The topological polar surface area (TPSA) is 0 Å². The van der Waals surface area contributed by atoms with Crippen LogP contribution >= 0.6 is 0 Å². The average Bonchev–Trinajstić information content (AvgIpc) is 3.71. The van der Waals surface area contributed by atoms with E-state index in [4.69, 9.17) is 0 Å². The minimum absolute atomic E-state index is 1.25. The molecule has 0 heterocycles. The molecule has 52 heavy (non-hydrogen) atoms. The fourth-order valence-electron chi connectivity index (χ4n) is 10.3. The molecule has 0 heteroatoms. The van der Waals surface area contributed by atoms with Crippen molar-refractivity contribution in [2.45, 2.75) is 0 Å². The molecule has 0 aliphatic rings. The Kier molecular flexibility index (Phi) is 4.94. The van der Waals surface area contributed by atoms with Crippen molar-refractivity contribution in [3.05, 3.63) is 170 Å². The zero-order valence-corrected chi connectivity index (χ0v) is 28.2. The number of rotatable bonds is 2. The molecule has 0 aromatic heterocycles. The van der Waals surface area contributed by atoms with Gasteiger partial charge in [-0.15, -0.1) is 0 Å². The van der Waals surface area contributed by atoms with E-state index in [1.54, 1.807) is 0 Å². The molecule has 0 fully saturated rings. The number of fused-ring (bicyclic) bond motifs is 8. The van der Waals surface area contributed by atoms with Gasteiger partial charge in [0.05, 0.1) is 0 Å². The van der Waals surface area contributed by atoms with Crippen LogP contribution < -0.4 is 0 Å². The molecule has 0 radical (unpaired) electrons. The van der Waals surface area contributed by atoms with Crippen molar-refractivity contribution in [1.29, 1.82) is 0 Å². The molecule has 0 unspecified atom stereocenters. The summed E-state index contributed by atoms with van der Waals surface area (Å²) in [6, 6.07) is 64.2. The highest BCUT2D eigenvalue weighted by Gasteiger charge is 2.27. The van der Waals surface area contributed by atoms with E-state index in [0.717, 1.165) is 0 Å². The highest BCUT2D eigenvalue weighted by atomic mass is 14.3. The lowest BCUT2D eigenvalue weighted by Crippen LogP contribution is -1.93. The van der Waals surface area contributed by atoms with Crippen molar-refractivity contribution in [2.24, 2.45) is 0 Å². The molecule has 0 atom stereocenters. The van der Waals surface area contributed by atoms with Crippen molar-refractivity contribution < 1.29 is 0 Å². The molecule has 0 spiro atoms. The van der Waals surface area contributed by atoms with Gasteiger partial charge in [-0.05, 0) is 136 Å². The maximum absolute atomic E-state index is 2.54. The van der Waals surface area contributed by atoms with E-state index in [1.807, 2.05) is 0 Å². The summed E-state index contributed by atoms with van der Waals surface area (Å²) >= 11 is 0. The molecule has 13 aromatic rings. The van der Waals surface area contributed by atoms with Crippen LogP contribution in [0.1, 0.15) is 0 Å². The smallest absolute Gasteiger partial charge is 0.000697 e. The molecule has 0 aliphatic carbocycles. The van der Waals surface area contributed by atoms with Gasteiger partial charge in [0.25, 0.3) is 0 Å². The van der Waals surface area contributed by atoms with Gasteiger partial charge in [-0.3, -0.25) is 0 Å². The monoisotopic (exact) mass is 652 g/mol. The van der Waals surface area contributed by atoms with Crippen LogP contribution in [-0.4, -0.2) is 0 Å². The summed E-state index contributed by atoms with van der Waals surface area (Å²) in [6.07, 6.45) is 0. The minimum atomic E-state index is 1.25. The van der Waals surface area contributed by atoms with Crippen molar-refractivity contribution in [3.63, 3.8) is 0 Å². The van der Waals surface area contributed by atoms with E-state index in [2.05, 4.69) is 170 Å². The Labute approximate surface area is 298 Å². The van der Waals surface area contributed by atoms with Gasteiger partial charge < -0.3 is 0 Å². The van der Waals surface area contributed by atoms with Gasteiger partial charge in [0.2, 0.25) is 0 Å². The zero-order chi connectivity index (χ0) is 33.7. The third kappa shape index (κ3) is 3.20. The van der Waals surface area contributed by atoms with E-state index in [0.29, 0.717) is 0 Å². The maximum Gasteiger partial charge on any atom is -0.000697 e. The first-order valence-electron chi connectivity index (χ1n) is 18.3. The van der Waals surface area contributed by atoms with Crippen LogP contribution in [0.5, 0.6) is 0 Å². The Balaban J connectivity index is 1.39. The molecule has 0 aliphatic heterocycles. The van der Waals surface area contributed by atoms with Crippen molar-refractivity contribution in [2.75, 3.05) is 0 Å².